The number of hydrogen-bond acceptors (Lipinski definition) is 5. The number of sulfonamides is 1. The zero-order valence-electron chi connectivity index (χ0n) is 20.3. The Balaban J connectivity index is 1.80. The van der Waals surface area contributed by atoms with Crippen molar-refractivity contribution in [1.29, 1.82) is 0 Å². The summed E-state index contributed by atoms with van der Waals surface area (Å²) in [5.41, 5.74) is 2.81. The van der Waals surface area contributed by atoms with Gasteiger partial charge < -0.3 is 15.0 Å². The molecular weight excluding hydrogens is 450 g/mol. The number of ether oxygens (including phenoxy) is 1. The molecule has 2 aromatic rings. The van der Waals surface area contributed by atoms with E-state index in [2.05, 4.69) is 11.4 Å². The maximum absolute atomic E-state index is 12.8. The van der Waals surface area contributed by atoms with Crippen molar-refractivity contribution >= 4 is 21.5 Å². The first kappa shape index (κ1) is 24.4. The smallest absolute Gasteiger partial charge is 0.253 e. The van der Waals surface area contributed by atoms with Crippen LogP contribution in [0.15, 0.2) is 53.4 Å². The minimum absolute atomic E-state index is 0.00657. The highest BCUT2D eigenvalue weighted by atomic mass is 32.2. The Morgan fingerprint density at radius 1 is 1.03 bits per heavy atom. The Labute approximate surface area is 202 Å². The number of piperidine rings is 1. The maximum Gasteiger partial charge on any atom is 0.253 e. The van der Waals surface area contributed by atoms with Gasteiger partial charge in [0.1, 0.15) is 11.4 Å². The highest BCUT2D eigenvalue weighted by molar-refractivity contribution is 7.89. The molecule has 0 radical (unpaired) electrons. The molecule has 1 saturated heterocycles. The molecule has 2 aromatic carbocycles. The third-order valence-corrected chi connectivity index (χ3v) is 8.49. The molecular formula is C26H33N3O4S. The van der Waals surface area contributed by atoms with Gasteiger partial charge in [0, 0.05) is 51.2 Å². The van der Waals surface area contributed by atoms with Crippen molar-refractivity contribution in [2.45, 2.75) is 37.2 Å². The molecule has 0 unspecified atom stereocenters. The summed E-state index contributed by atoms with van der Waals surface area (Å²) in [7, 11) is -0.541. The molecule has 0 saturated carbocycles. The second-order valence-electron chi connectivity index (χ2n) is 8.98. The van der Waals surface area contributed by atoms with Crippen LogP contribution < -0.4 is 10.1 Å². The van der Waals surface area contributed by atoms with Gasteiger partial charge in [0.25, 0.3) is 5.91 Å². The predicted octanol–water partition coefficient (Wildman–Crippen LogP) is 3.37. The van der Waals surface area contributed by atoms with E-state index in [0.717, 1.165) is 42.6 Å². The van der Waals surface area contributed by atoms with Gasteiger partial charge >= 0.3 is 0 Å². The molecule has 1 spiro atoms. The molecule has 182 valence electrons. The molecule has 8 heteroatoms. The summed E-state index contributed by atoms with van der Waals surface area (Å²) in [6, 6.07) is 12.7. The number of rotatable bonds is 6. The SMILES string of the molecule is CCN(CC)C(=O)c1ccc(C2=CC3(CCNCC3)Oc3ccc(S(=O)(=O)N(C)C)cc32)cc1. The number of carbonyl (C=O) groups is 1. The van der Waals surface area contributed by atoms with Crippen LogP contribution in [0.3, 0.4) is 0 Å². The summed E-state index contributed by atoms with van der Waals surface area (Å²) in [6.07, 6.45) is 3.79. The van der Waals surface area contributed by atoms with Crippen molar-refractivity contribution in [1.82, 2.24) is 14.5 Å². The minimum Gasteiger partial charge on any atom is -0.482 e. The number of hydrogen-bond donors (Lipinski definition) is 1. The molecule has 0 aromatic heterocycles. The van der Waals surface area contributed by atoms with E-state index in [9.17, 15) is 13.2 Å². The summed E-state index contributed by atoms with van der Waals surface area (Å²) < 4.78 is 33.3. The number of nitrogens with one attached hydrogen (secondary N) is 1. The van der Waals surface area contributed by atoms with E-state index in [1.807, 2.05) is 38.1 Å². The van der Waals surface area contributed by atoms with Crippen LogP contribution in [0.1, 0.15) is 48.2 Å². The fourth-order valence-corrected chi connectivity index (χ4v) is 5.52. The van der Waals surface area contributed by atoms with Gasteiger partial charge in [-0.15, -0.1) is 0 Å². The quantitative estimate of drug-likeness (QED) is 0.682. The summed E-state index contributed by atoms with van der Waals surface area (Å²) >= 11 is 0. The van der Waals surface area contributed by atoms with Crippen molar-refractivity contribution in [3.05, 3.63) is 65.2 Å². The van der Waals surface area contributed by atoms with Crippen LogP contribution in [-0.2, 0) is 10.0 Å². The number of benzene rings is 2. The predicted molar refractivity (Wildman–Crippen MR) is 134 cm³/mol. The van der Waals surface area contributed by atoms with Gasteiger partial charge in [-0.2, -0.15) is 0 Å². The van der Waals surface area contributed by atoms with Gasteiger partial charge in [-0.25, -0.2) is 12.7 Å². The van der Waals surface area contributed by atoms with Gasteiger partial charge in [-0.05, 0) is 74.5 Å². The fraction of sp³-hybridized carbons (Fsp3) is 0.423. The average Bonchev–Trinajstić information content (AvgIpc) is 2.84. The van der Waals surface area contributed by atoms with Crippen LogP contribution >= 0.6 is 0 Å². The molecule has 0 atom stereocenters. The first-order valence-electron chi connectivity index (χ1n) is 11.8. The second kappa shape index (κ2) is 9.52. The van der Waals surface area contributed by atoms with Crippen molar-refractivity contribution in [2.75, 3.05) is 40.3 Å². The zero-order chi connectivity index (χ0) is 24.5. The van der Waals surface area contributed by atoms with E-state index in [1.165, 1.54) is 18.4 Å². The molecule has 2 aliphatic rings. The summed E-state index contributed by atoms with van der Waals surface area (Å²) in [5, 5.41) is 3.38. The Hall–Kier alpha value is -2.68. The van der Waals surface area contributed by atoms with E-state index in [0.29, 0.717) is 24.4 Å². The largest absolute Gasteiger partial charge is 0.482 e. The highest BCUT2D eigenvalue weighted by Crippen LogP contribution is 2.43. The summed E-state index contributed by atoms with van der Waals surface area (Å²) in [4.78, 5) is 14.8. The van der Waals surface area contributed by atoms with Crippen molar-refractivity contribution < 1.29 is 17.9 Å². The van der Waals surface area contributed by atoms with Crippen LogP contribution in [0.4, 0.5) is 0 Å². The van der Waals surface area contributed by atoms with Gasteiger partial charge in [0.15, 0.2) is 0 Å². The molecule has 2 aliphatic heterocycles. The van der Waals surface area contributed by atoms with Crippen LogP contribution in [0.25, 0.3) is 5.57 Å². The van der Waals surface area contributed by atoms with Crippen LogP contribution in [0, 0.1) is 0 Å². The molecule has 2 heterocycles. The number of fused-ring (bicyclic) bond motifs is 1. The lowest BCUT2D eigenvalue weighted by atomic mass is 9.83. The molecule has 1 fully saturated rings. The van der Waals surface area contributed by atoms with Crippen LogP contribution in [0.2, 0.25) is 0 Å². The summed E-state index contributed by atoms with van der Waals surface area (Å²) in [5.74, 6) is 0.687. The summed E-state index contributed by atoms with van der Waals surface area (Å²) in [6.45, 7) is 6.96. The first-order valence-corrected chi connectivity index (χ1v) is 13.2. The number of carbonyl (C=O) groups excluding carboxylic acids is 1. The van der Waals surface area contributed by atoms with Crippen LogP contribution in [-0.4, -0.2) is 69.4 Å². The van der Waals surface area contributed by atoms with Gasteiger partial charge in [-0.1, -0.05) is 12.1 Å². The Kier molecular flexibility index (Phi) is 6.85. The Bertz CT molecular complexity index is 1190. The number of nitrogens with zero attached hydrogens (tertiary/aromatic N) is 2. The standard InChI is InChI=1S/C26H33N3O4S/c1-5-29(6-2)25(30)20-9-7-19(8-10-20)23-18-26(13-15-27-16-14-26)33-24-12-11-21(17-22(23)24)34(31,32)28(3)4/h7-12,17-18,27H,5-6,13-16H2,1-4H3. The minimum atomic E-state index is -3.59. The third kappa shape index (κ3) is 4.50. The lowest BCUT2D eigenvalue weighted by Crippen LogP contribution is -2.46. The Morgan fingerprint density at radius 3 is 2.26 bits per heavy atom. The van der Waals surface area contributed by atoms with Gasteiger partial charge in [-0.3, -0.25) is 4.79 Å². The zero-order valence-corrected chi connectivity index (χ0v) is 21.1. The lowest BCUT2D eigenvalue weighted by Gasteiger charge is -2.40. The topological polar surface area (TPSA) is 79.0 Å². The monoisotopic (exact) mass is 483 g/mol. The van der Waals surface area contributed by atoms with E-state index in [1.54, 1.807) is 23.1 Å². The maximum atomic E-state index is 12.8. The van der Waals surface area contributed by atoms with E-state index in [4.69, 9.17) is 4.74 Å². The molecule has 7 nitrogen and oxygen atoms in total. The van der Waals surface area contributed by atoms with Gasteiger partial charge in [0.2, 0.25) is 10.0 Å². The Morgan fingerprint density at radius 2 is 1.68 bits per heavy atom. The fourth-order valence-electron chi connectivity index (χ4n) is 4.59. The van der Waals surface area contributed by atoms with Crippen molar-refractivity contribution in [2.24, 2.45) is 0 Å². The molecule has 0 aliphatic carbocycles. The lowest BCUT2D eigenvalue weighted by molar-refractivity contribution is 0.0772. The van der Waals surface area contributed by atoms with E-state index < -0.39 is 15.6 Å². The highest BCUT2D eigenvalue weighted by Gasteiger charge is 2.37. The third-order valence-electron chi connectivity index (χ3n) is 6.68. The second-order valence-corrected chi connectivity index (χ2v) is 11.1. The average molecular weight is 484 g/mol. The molecule has 1 N–H and O–H groups in total. The molecule has 1 amide bonds. The first-order chi connectivity index (χ1) is 16.2. The molecule has 4 rings (SSSR count). The molecule has 0 bridgehead atoms. The normalized spacial score (nSPS) is 17.1. The number of amides is 1. The van der Waals surface area contributed by atoms with Gasteiger partial charge in [0.05, 0.1) is 4.90 Å². The van der Waals surface area contributed by atoms with Crippen molar-refractivity contribution in [3.63, 3.8) is 0 Å². The van der Waals surface area contributed by atoms with Crippen molar-refractivity contribution in [3.8, 4) is 5.75 Å². The molecule has 34 heavy (non-hydrogen) atoms. The van der Waals surface area contributed by atoms with E-state index >= 15 is 0 Å². The van der Waals surface area contributed by atoms with E-state index in [-0.39, 0.29) is 10.8 Å². The van der Waals surface area contributed by atoms with Crippen LogP contribution in [0.5, 0.6) is 5.75 Å².